The van der Waals surface area contributed by atoms with Gasteiger partial charge in [0.2, 0.25) is 0 Å². The molecule has 2 aliphatic rings. The Balaban J connectivity index is 1.22. The molecule has 0 bridgehead atoms. The molecule has 1 saturated heterocycles. The molecule has 1 aliphatic heterocycles. The molecule has 4 rings (SSSR count). The fourth-order valence-corrected chi connectivity index (χ4v) is 4.99. The number of hydrogen-bond acceptors (Lipinski definition) is 9. The standard InChI is InChI=1S/C19H29N7O4S/c20-16-13-17(23-9-22-16)26(10-24-13)18-15(28)14(27)12(30-18)8-31-7-6-21-19(29)25-11-4-2-1-3-5-11/h9-12,14-15,18,27-28H,1-8H2,(H2,20,22,23)(H2,21,25,29)/t12-,14-,15-,18-/m1/s1. The van der Waals surface area contributed by atoms with Crippen LogP contribution in [0.15, 0.2) is 12.7 Å². The van der Waals surface area contributed by atoms with Gasteiger partial charge in [0.25, 0.3) is 0 Å². The van der Waals surface area contributed by atoms with Crippen molar-refractivity contribution in [1.29, 1.82) is 0 Å². The average molecular weight is 452 g/mol. The lowest BCUT2D eigenvalue weighted by Gasteiger charge is -2.22. The first-order valence-electron chi connectivity index (χ1n) is 10.6. The molecule has 6 N–H and O–H groups in total. The van der Waals surface area contributed by atoms with Crippen LogP contribution in [0, 0.1) is 0 Å². The monoisotopic (exact) mass is 451 g/mol. The molecule has 3 heterocycles. The molecule has 0 radical (unpaired) electrons. The van der Waals surface area contributed by atoms with Crippen molar-refractivity contribution in [1.82, 2.24) is 30.2 Å². The molecule has 2 aromatic rings. The van der Waals surface area contributed by atoms with Crippen LogP contribution in [-0.4, -0.2) is 78.2 Å². The van der Waals surface area contributed by atoms with Crippen LogP contribution in [0.3, 0.4) is 0 Å². The summed E-state index contributed by atoms with van der Waals surface area (Å²) >= 11 is 1.54. The van der Waals surface area contributed by atoms with Crippen molar-refractivity contribution in [3.05, 3.63) is 12.7 Å². The van der Waals surface area contributed by atoms with Crippen molar-refractivity contribution in [3.63, 3.8) is 0 Å². The molecule has 4 atom stereocenters. The second kappa shape index (κ2) is 9.98. The zero-order chi connectivity index (χ0) is 21.8. The zero-order valence-electron chi connectivity index (χ0n) is 17.2. The van der Waals surface area contributed by atoms with Gasteiger partial charge in [0.1, 0.15) is 24.1 Å². The van der Waals surface area contributed by atoms with Gasteiger partial charge in [-0.1, -0.05) is 19.3 Å². The van der Waals surface area contributed by atoms with Gasteiger partial charge >= 0.3 is 6.03 Å². The number of carbonyl (C=O) groups excluding carboxylic acids is 1. The second-order valence-corrected chi connectivity index (χ2v) is 9.09. The number of nitrogens with zero attached hydrogens (tertiary/aromatic N) is 4. The fraction of sp³-hybridized carbons (Fsp3) is 0.684. The van der Waals surface area contributed by atoms with Gasteiger partial charge in [0.15, 0.2) is 17.7 Å². The van der Waals surface area contributed by atoms with Gasteiger partial charge in [0.05, 0.1) is 12.4 Å². The Morgan fingerprint density at radius 1 is 1.23 bits per heavy atom. The molecule has 0 spiro atoms. The van der Waals surface area contributed by atoms with Crippen LogP contribution in [-0.2, 0) is 4.74 Å². The van der Waals surface area contributed by atoms with E-state index in [4.69, 9.17) is 10.5 Å². The quantitative estimate of drug-likeness (QED) is 0.375. The molecular formula is C19H29N7O4S. The lowest BCUT2D eigenvalue weighted by Crippen LogP contribution is -2.43. The third-order valence-electron chi connectivity index (χ3n) is 5.75. The van der Waals surface area contributed by atoms with Crippen LogP contribution in [0.25, 0.3) is 11.2 Å². The van der Waals surface area contributed by atoms with E-state index in [1.54, 1.807) is 16.3 Å². The first-order valence-corrected chi connectivity index (χ1v) is 11.8. The smallest absolute Gasteiger partial charge is 0.315 e. The third kappa shape index (κ3) is 5.03. The number of nitrogen functional groups attached to an aromatic ring is 1. The van der Waals surface area contributed by atoms with Gasteiger partial charge in [0, 0.05) is 24.1 Å². The van der Waals surface area contributed by atoms with Gasteiger partial charge in [-0.2, -0.15) is 11.8 Å². The summed E-state index contributed by atoms with van der Waals surface area (Å²) in [7, 11) is 0. The van der Waals surface area contributed by atoms with Crippen molar-refractivity contribution < 1.29 is 19.7 Å². The topological polar surface area (TPSA) is 160 Å². The molecule has 1 aliphatic carbocycles. The SMILES string of the molecule is Nc1ncnc2c1ncn2[C@@H]1O[C@H](CSCCNC(=O)NC2CCCCC2)[C@@H](O)[C@H]1O. The fourth-order valence-electron chi connectivity index (χ4n) is 4.07. The highest BCUT2D eigenvalue weighted by molar-refractivity contribution is 7.99. The molecule has 2 fully saturated rings. The van der Waals surface area contributed by atoms with Crippen molar-refractivity contribution in [2.24, 2.45) is 0 Å². The van der Waals surface area contributed by atoms with Gasteiger partial charge in [-0.05, 0) is 12.8 Å². The van der Waals surface area contributed by atoms with E-state index in [0.29, 0.717) is 29.2 Å². The van der Waals surface area contributed by atoms with E-state index in [1.807, 2.05) is 0 Å². The summed E-state index contributed by atoms with van der Waals surface area (Å²) in [5, 5.41) is 26.8. The number of aromatic nitrogens is 4. The van der Waals surface area contributed by atoms with E-state index in [2.05, 4.69) is 25.6 Å². The molecule has 1 saturated carbocycles. The van der Waals surface area contributed by atoms with Crippen molar-refractivity contribution in [2.45, 2.75) is 62.7 Å². The predicted molar refractivity (Wildman–Crippen MR) is 116 cm³/mol. The number of nitrogens with two attached hydrogens (primary N) is 1. The number of hydrogen-bond donors (Lipinski definition) is 5. The van der Waals surface area contributed by atoms with E-state index >= 15 is 0 Å². The number of thioether (sulfide) groups is 1. The number of aliphatic hydroxyl groups excluding tert-OH is 2. The zero-order valence-corrected chi connectivity index (χ0v) is 18.0. The van der Waals surface area contributed by atoms with E-state index in [9.17, 15) is 15.0 Å². The Hall–Kier alpha value is -2.15. The molecular weight excluding hydrogens is 422 g/mol. The van der Waals surface area contributed by atoms with E-state index < -0.39 is 24.5 Å². The second-order valence-electron chi connectivity index (χ2n) is 7.94. The highest BCUT2D eigenvalue weighted by Gasteiger charge is 2.44. The minimum atomic E-state index is -1.13. The summed E-state index contributed by atoms with van der Waals surface area (Å²) in [6, 6.07) is 0.148. The number of amides is 2. The van der Waals surface area contributed by atoms with E-state index in [-0.39, 0.29) is 17.9 Å². The number of nitrogens with one attached hydrogen (secondary N) is 2. The minimum Gasteiger partial charge on any atom is -0.387 e. The highest BCUT2D eigenvalue weighted by atomic mass is 32.2. The lowest BCUT2D eigenvalue weighted by atomic mass is 9.96. The molecule has 12 heteroatoms. The van der Waals surface area contributed by atoms with Crippen LogP contribution >= 0.6 is 11.8 Å². The molecule has 2 aromatic heterocycles. The Morgan fingerprint density at radius 3 is 2.84 bits per heavy atom. The summed E-state index contributed by atoms with van der Waals surface area (Å²) in [4.78, 5) is 24.2. The number of rotatable bonds is 7. The normalized spacial score (nSPS) is 26.9. The molecule has 0 unspecified atom stereocenters. The van der Waals surface area contributed by atoms with E-state index in [0.717, 1.165) is 12.8 Å². The first-order chi connectivity index (χ1) is 15.0. The maximum absolute atomic E-state index is 12.0. The molecule has 31 heavy (non-hydrogen) atoms. The minimum absolute atomic E-state index is 0.131. The average Bonchev–Trinajstić information content (AvgIpc) is 3.31. The Morgan fingerprint density at radius 2 is 2.03 bits per heavy atom. The van der Waals surface area contributed by atoms with Crippen LogP contribution < -0.4 is 16.4 Å². The van der Waals surface area contributed by atoms with Crippen LogP contribution in [0.4, 0.5) is 10.6 Å². The van der Waals surface area contributed by atoms with Gasteiger partial charge in [-0.25, -0.2) is 19.7 Å². The molecule has 2 amide bonds. The highest BCUT2D eigenvalue weighted by Crippen LogP contribution is 2.33. The van der Waals surface area contributed by atoms with Crippen LogP contribution in [0.1, 0.15) is 38.3 Å². The molecule has 170 valence electrons. The number of ether oxygens (including phenoxy) is 1. The summed E-state index contributed by atoms with van der Waals surface area (Å²) in [6.07, 6.45) is 4.94. The summed E-state index contributed by atoms with van der Waals surface area (Å²) in [5.74, 6) is 1.39. The predicted octanol–water partition coefficient (Wildman–Crippen LogP) is 0.393. The number of fused-ring (bicyclic) bond motifs is 1. The number of anilines is 1. The number of imidazole rings is 1. The third-order valence-corrected chi connectivity index (χ3v) is 6.81. The van der Waals surface area contributed by atoms with Crippen LogP contribution in [0.2, 0.25) is 0 Å². The molecule has 0 aromatic carbocycles. The van der Waals surface area contributed by atoms with Gasteiger partial charge < -0.3 is 31.3 Å². The summed E-state index contributed by atoms with van der Waals surface area (Å²) in [6.45, 7) is 0.514. The van der Waals surface area contributed by atoms with Gasteiger partial charge in [-0.15, -0.1) is 0 Å². The number of urea groups is 1. The largest absolute Gasteiger partial charge is 0.387 e. The van der Waals surface area contributed by atoms with E-state index in [1.165, 1.54) is 31.9 Å². The Bertz CT molecular complexity index is 891. The maximum atomic E-state index is 12.0. The lowest BCUT2D eigenvalue weighted by molar-refractivity contribution is -0.0289. The van der Waals surface area contributed by atoms with Gasteiger partial charge in [-0.3, -0.25) is 4.57 Å². The first kappa shape index (κ1) is 22.1. The maximum Gasteiger partial charge on any atom is 0.315 e. The Labute approximate surface area is 184 Å². The van der Waals surface area contributed by atoms with Crippen molar-refractivity contribution in [3.8, 4) is 0 Å². The summed E-state index contributed by atoms with van der Waals surface area (Å²) < 4.78 is 7.47. The van der Waals surface area contributed by atoms with Crippen molar-refractivity contribution in [2.75, 3.05) is 23.8 Å². The number of carbonyl (C=O) groups is 1. The molecule has 11 nitrogen and oxygen atoms in total. The number of aliphatic hydroxyl groups is 2. The summed E-state index contributed by atoms with van der Waals surface area (Å²) in [5.41, 5.74) is 6.66. The van der Waals surface area contributed by atoms with Crippen molar-refractivity contribution >= 4 is 34.8 Å². The van der Waals surface area contributed by atoms with Crippen LogP contribution in [0.5, 0.6) is 0 Å². The Kier molecular flexibility index (Phi) is 7.10.